The fourth-order valence-electron chi connectivity index (χ4n) is 8.43. The molecule has 3 heterocycles. The molecule has 0 unspecified atom stereocenters. The van der Waals surface area contributed by atoms with Gasteiger partial charge in [-0.1, -0.05) is 139 Å². The lowest BCUT2D eigenvalue weighted by Gasteiger charge is -2.12. The second-order valence-electron chi connectivity index (χ2n) is 14.7. The lowest BCUT2D eigenvalue weighted by molar-refractivity contribution is 1.16. The molecule has 11 rings (SSSR count). The first-order chi connectivity index (χ1) is 28.2. The van der Waals surface area contributed by atoms with E-state index >= 15 is 0 Å². The van der Waals surface area contributed by atoms with E-state index in [0.717, 1.165) is 44.8 Å². The molecular weight excluding hydrogens is 693 g/mol. The quantitative estimate of drug-likeness (QED) is 0.171. The van der Waals surface area contributed by atoms with E-state index in [1.54, 1.807) is 0 Å². The van der Waals surface area contributed by atoms with Gasteiger partial charge >= 0.3 is 0 Å². The minimum absolute atomic E-state index is 0.708. The average Bonchev–Trinajstić information content (AvgIpc) is 3.79. The van der Waals surface area contributed by atoms with E-state index in [1.165, 1.54) is 55.0 Å². The highest BCUT2D eigenvalue weighted by atomic mass is 15.0. The summed E-state index contributed by atoms with van der Waals surface area (Å²) in [4.78, 5) is 10.2. The minimum Gasteiger partial charge on any atom is -0.309 e. The van der Waals surface area contributed by atoms with Crippen molar-refractivity contribution < 1.29 is 0 Å². The van der Waals surface area contributed by atoms with Gasteiger partial charge in [-0.15, -0.1) is 0 Å². The molecule has 0 aliphatic rings. The van der Waals surface area contributed by atoms with Crippen LogP contribution in [0.1, 0.15) is 5.56 Å². The predicted octanol–water partition coefficient (Wildman–Crippen LogP) is 13.6. The van der Waals surface area contributed by atoms with E-state index in [-0.39, 0.29) is 0 Å². The van der Waals surface area contributed by atoms with Crippen molar-refractivity contribution in [2.75, 3.05) is 0 Å². The Bertz CT molecular complexity index is 3230. The zero-order chi connectivity index (χ0) is 37.9. The van der Waals surface area contributed by atoms with E-state index in [4.69, 9.17) is 9.97 Å². The summed E-state index contributed by atoms with van der Waals surface area (Å²) < 4.78 is 4.76. The zero-order valence-corrected chi connectivity index (χ0v) is 31.3. The molecule has 0 spiro atoms. The van der Waals surface area contributed by atoms with Gasteiger partial charge in [0.1, 0.15) is 0 Å². The number of aryl methyl sites for hydroxylation is 1. The minimum atomic E-state index is 0.708. The molecule has 4 nitrogen and oxygen atoms in total. The maximum absolute atomic E-state index is 5.13. The molecule has 0 amide bonds. The molecule has 3 aromatic heterocycles. The average molecular weight is 729 g/mol. The number of fused-ring (bicyclic) bond motifs is 6. The van der Waals surface area contributed by atoms with Crippen LogP contribution in [-0.2, 0) is 0 Å². The van der Waals surface area contributed by atoms with Gasteiger partial charge in [0.2, 0.25) is 0 Å². The second kappa shape index (κ2) is 13.3. The van der Waals surface area contributed by atoms with Gasteiger partial charge in [0.15, 0.2) is 5.82 Å². The maximum Gasteiger partial charge on any atom is 0.160 e. The highest BCUT2D eigenvalue weighted by molar-refractivity contribution is 6.12. The van der Waals surface area contributed by atoms with Crippen LogP contribution in [0.5, 0.6) is 0 Å². The summed E-state index contributed by atoms with van der Waals surface area (Å²) in [6.07, 6.45) is 0. The Morgan fingerprint density at radius 2 is 0.807 bits per heavy atom. The first-order valence-electron chi connectivity index (χ1n) is 19.4. The van der Waals surface area contributed by atoms with Crippen LogP contribution in [-0.4, -0.2) is 19.1 Å². The number of aromatic nitrogens is 4. The van der Waals surface area contributed by atoms with Gasteiger partial charge in [0.05, 0.1) is 33.5 Å². The molecule has 0 bridgehead atoms. The Labute approximate surface area is 330 Å². The van der Waals surface area contributed by atoms with Crippen LogP contribution < -0.4 is 0 Å². The van der Waals surface area contributed by atoms with Crippen LogP contribution in [0.25, 0.3) is 100 Å². The molecular formula is C53H36N4. The summed E-state index contributed by atoms with van der Waals surface area (Å²) >= 11 is 0. The van der Waals surface area contributed by atoms with Gasteiger partial charge in [-0.3, -0.25) is 0 Å². The predicted molar refractivity (Wildman–Crippen MR) is 237 cm³/mol. The summed E-state index contributed by atoms with van der Waals surface area (Å²) in [5.41, 5.74) is 15.5. The van der Waals surface area contributed by atoms with Crippen LogP contribution >= 0.6 is 0 Å². The summed E-state index contributed by atoms with van der Waals surface area (Å²) in [5.74, 6) is 0.708. The van der Waals surface area contributed by atoms with Crippen molar-refractivity contribution in [1.29, 1.82) is 0 Å². The number of hydrogen-bond acceptors (Lipinski definition) is 2. The molecule has 0 saturated heterocycles. The number of benzene rings is 8. The molecule has 4 heteroatoms. The van der Waals surface area contributed by atoms with Crippen molar-refractivity contribution >= 4 is 43.6 Å². The van der Waals surface area contributed by atoms with E-state index in [2.05, 4.69) is 192 Å². The molecule has 0 aliphatic heterocycles. The largest absolute Gasteiger partial charge is 0.309 e. The third-order valence-electron chi connectivity index (χ3n) is 11.2. The van der Waals surface area contributed by atoms with E-state index < -0.39 is 0 Å². The topological polar surface area (TPSA) is 35.6 Å². The van der Waals surface area contributed by atoms with Crippen LogP contribution in [0.3, 0.4) is 0 Å². The van der Waals surface area contributed by atoms with Crippen molar-refractivity contribution in [3.05, 3.63) is 206 Å². The highest BCUT2D eigenvalue weighted by Gasteiger charge is 2.17. The SMILES string of the molecule is Cc1ccc(-n2c3ccccc3c3cc(-c4ccc5c(c4)c4ccccc4n5-c4cccc(-c5cc(-c6ccccc6)nc(-c6ccccc6)n5)c4)ccc32)cc1. The Balaban J connectivity index is 1.04. The number of hydrogen-bond donors (Lipinski definition) is 0. The summed E-state index contributed by atoms with van der Waals surface area (Å²) in [6, 6.07) is 71.5. The van der Waals surface area contributed by atoms with Crippen LogP contribution in [0.2, 0.25) is 0 Å². The van der Waals surface area contributed by atoms with Crippen LogP contribution in [0, 0.1) is 6.92 Å². The van der Waals surface area contributed by atoms with E-state index in [9.17, 15) is 0 Å². The normalized spacial score (nSPS) is 11.6. The second-order valence-corrected chi connectivity index (χ2v) is 14.7. The third kappa shape index (κ3) is 5.61. The Morgan fingerprint density at radius 3 is 1.42 bits per heavy atom. The molecule has 8 aromatic carbocycles. The molecule has 0 saturated carbocycles. The highest BCUT2D eigenvalue weighted by Crippen LogP contribution is 2.39. The van der Waals surface area contributed by atoms with E-state index in [0.29, 0.717) is 5.82 Å². The lowest BCUT2D eigenvalue weighted by Crippen LogP contribution is -1.97. The van der Waals surface area contributed by atoms with Crippen molar-refractivity contribution in [3.63, 3.8) is 0 Å². The van der Waals surface area contributed by atoms with Gasteiger partial charge in [-0.25, -0.2) is 9.97 Å². The van der Waals surface area contributed by atoms with Crippen molar-refractivity contribution in [2.24, 2.45) is 0 Å². The molecule has 0 fully saturated rings. The van der Waals surface area contributed by atoms with Crippen molar-refractivity contribution in [2.45, 2.75) is 6.92 Å². The molecule has 0 N–H and O–H groups in total. The van der Waals surface area contributed by atoms with Crippen molar-refractivity contribution in [1.82, 2.24) is 19.1 Å². The molecule has 0 radical (unpaired) electrons. The molecule has 57 heavy (non-hydrogen) atoms. The Kier molecular flexibility index (Phi) is 7.68. The summed E-state index contributed by atoms with van der Waals surface area (Å²) in [5, 5.41) is 4.94. The van der Waals surface area contributed by atoms with E-state index in [1.807, 2.05) is 24.3 Å². The van der Waals surface area contributed by atoms with Gasteiger partial charge < -0.3 is 9.13 Å². The smallest absolute Gasteiger partial charge is 0.160 e. The lowest BCUT2D eigenvalue weighted by atomic mass is 10.0. The third-order valence-corrected chi connectivity index (χ3v) is 11.2. The van der Waals surface area contributed by atoms with Gasteiger partial charge in [-0.2, -0.15) is 0 Å². The maximum atomic E-state index is 5.13. The fourth-order valence-corrected chi connectivity index (χ4v) is 8.43. The zero-order valence-electron chi connectivity index (χ0n) is 31.3. The van der Waals surface area contributed by atoms with Gasteiger partial charge in [0.25, 0.3) is 0 Å². The monoisotopic (exact) mass is 728 g/mol. The summed E-state index contributed by atoms with van der Waals surface area (Å²) in [7, 11) is 0. The molecule has 0 atom stereocenters. The first-order valence-corrected chi connectivity index (χ1v) is 19.4. The number of para-hydroxylation sites is 2. The number of rotatable bonds is 6. The van der Waals surface area contributed by atoms with Crippen LogP contribution in [0.15, 0.2) is 200 Å². The summed E-state index contributed by atoms with van der Waals surface area (Å²) in [6.45, 7) is 2.14. The first kappa shape index (κ1) is 32.8. The van der Waals surface area contributed by atoms with Crippen LogP contribution in [0.4, 0.5) is 0 Å². The Morgan fingerprint density at radius 1 is 0.316 bits per heavy atom. The van der Waals surface area contributed by atoms with Gasteiger partial charge in [0, 0.05) is 49.6 Å². The molecule has 268 valence electrons. The number of nitrogens with zero attached hydrogens (tertiary/aromatic N) is 4. The standard InChI is InChI=1S/C53H36N4/c1-35-23-27-41(28-24-35)56-49-21-10-8-19-43(49)45-32-38(25-29-51(45)56)39-26-30-52-46(33-39)44-20-9-11-22-50(44)57(52)42-18-12-17-40(31-42)48-34-47(36-13-4-2-5-14-36)54-53(55-48)37-15-6-3-7-16-37/h2-34H,1H3. The molecule has 0 aliphatic carbocycles. The van der Waals surface area contributed by atoms with Crippen molar-refractivity contribution in [3.8, 4) is 56.4 Å². The fraction of sp³-hybridized carbons (Fsp3) is 0.0189. The Hall–Kier alpha value is -7.56. The molecule has 11 aromatic rings. The van der Waals surface area contributed by atoms with Gasteiger partial charge in [-0.05, 0) is 84.8 Å².